The molecule has 1 heterocycles. The van der Waals surface area contributed by atoms with Crippen LogP contribution in [0.4, 0.5) is 11.4 Å². The van der Waals surface area contributed by atoms with Gasteiger partial charge in [-0.15, -0.1) is 0 Å². The van der Waals surface area contributed by atoms with Crippen LogP contribution in [-0.4, -0.2) is 25.6 Å². The lowest BCUT2D eigenvalue weighted by Gasteiger charge is -2.45. The summed E-state index contributed by atoms with van der Waals surface area (Å²) in [5.41, 5.74) is 4.34. The maximum Gasteiger partial charge on any atom is 0.266 e. The monoisotopic (exact) mass is 437 g/mol. The molecule has 162 valence electrons. The second-order valence-corrected chi connectivity index (χ2v) is 9.07. The number of amides is 1. The van der Waals surface area contributed by atoms with Gasteiger partial charge in [0.05, 0.1) is 7.11 Å². The van der Waals surface area contributed by atoms with Crippen molar-refractivity contribution in [3.05, 3.63) is 57.6 Å². The summed E-state index contributed by atoms with van der Waals surface area (Å²) in [6.07, 6.45) is 2.59. The second kappa shape index (κ2) is 8.64. The van der Waals surface area contributed by atoms with Gasteiger partial charge < -0.3 is 15.0 Å². The van der Waals surface area contributed by atoms with Crippen LogP contribution < -0.4 is 15.0 Å². The summed E-state index contributed by atoms with van der Waals surface area (Å²) in [6, 6.07) is 11.3. The predicted molar refractivity (Wildman–Crippen MR) is 127 cm³/mol. The first kappa shape index (κ1) is 22.7. The average molecular weight is 438 g/mol. The number of halogens is 1. The fourth-order valence-electron chi connectivity index (χ4n) is 4.14. The number of hydrogen-bond acceptors (Lipinski definition) is 4. The third kappa shape index (κ3) is 4.40. The number of ether oxygens (including phenoxy) is 1. The molecule has 3 rings (SSSR count). The van der Waals surface area contributed by atoms with Crippen LogP contribution >= 0.6 is 11.6 Å². The second-order valence-electron chi connectivity index (χ2n) is 8.67. The molecule has 1 amide bonds. The van der Waals surface area contributed by atoms with Crippen molar-refractivity contribution in [1.82, 2.24) is 0 Å². The van der Waals surface area contributed by atoms with Crippen LogP contribution in [0.25, 0.3) is 6.08 Å². The van der Waals surface area contributed by atoms with Crippen molar-refractivity contribution < 1.29 is 9.53 Å². The third-order valence-electron chi connectivity index (χ3n) is 6.17. The smallest absolute Gasteiger partial charge is 0.266 e. The highest BCUT2D eigenvalue weighted by molar-refractivity contribution is 6.31. The van der Waals surface area contributed by atoms with Crippen LogP contribution in [0.2, 0.25) is 5.02 Å². The Labute approximate surface area is 189 Å². The summed E-state index contributed by atoms with van der Waals surface area (Å²) in [7, 11) is 3.68. The highest BCUT2D eigenvalue weighted by atomic mass is 35.5. The van der Waals surface area contributed by atoms with Gasteiger partial charge in [-0.1, -0.05) is 24.6 Å². The molecule has 0 saturated carbocycles. The van der Waals surface area contributed by atoms with E-state index in [9.17, 15) is 10.1 Å². The predicted octanol–water partition coefficient (Wildman–Crippen LogP) is 5.92. The fraction of sp³-hybridized carbons (Fsp3) is 0.360. The molecule has 1 aliphatic rings. The first-order valence-electron chi connectivity index (χ1n) is 10.2. The van der Waals surface area contributed by atoms with Crippen LogP contribution in [0.5, 0.6) is 5.75 Å². The molecule has 1 atom stereocenters. The minimum absolute atomic E-state index is 0.00484. The van der Waals surface area contributed by atoms with E-state index in [1.54, 1.807) is 31.4 Å². The van der Waals surface area contributed by atoms with Gasteiger partial charge in [0.2, 0.25) is 0 Å². The molecular weight excluding hydrogens is 410 g/mol. The molecule has 0 saturated heterocycles. The van der Waals surface area contributed by atoms with Crippen molar-refractivity contribution in [2.24, 2.45) is 0 Å². The number of rotatable bonds is 4. The molecule has 31 heavy (non-hydrogen) atoms. The van der Waals surface area contributed by atoms with Crippen molar-refractivity contribution in [2.75, 3.05) is 24.4 Å². The first-order chi connectivity index (χ1) is 14.6. The maximum absolute atomic E-state index is 12.8. The van der Waals surface area contributed by atoms with Crippen LogP contribution in [0, 0.1) is 18.3 Å². The van der Waals surface area contributed by atoms with E-state index in [-0.39, 0.29) is 11.1 Å². The third-order valence-corrected chi connectivity index (χ3v) is 6.58. The number of anilines is 2. The van der Waals surface area contributed by atoms with Gasteiger partial charge in [0.25, 0.3) is 5.91 Å². The van der Waals surface area contributed by atoms with E-state index in [0.29, 0.717) is 27.9 Å². The molecule has 1 aliphatic heterocycles. The zero-order valence-corrected chi connectivity index (χ0v) is 19.6. The van der Waals surface area contributed by atoms with Crippen LogP contribution in [0.3, 0.4) is 0 Å². The Morgan fingerprint density at radius 2 is 2.10 bits per heavy atom. The van der Waals surface area contributed by atoms with Crippen molar-refractivity contribution in [2.45, 2.75) is 45.6 Å². The van der Waals surface area contributed by atoms with Crippen LogP contribution in [0.15, 0.2) is 35.9 Å². The number of hydrogen-bond donors (Lipinski definition) is 1. The fourth-order valence-corrected chi connectivity index (χ4v) is 4.31. The number of methoxy groups -OCH3 is 1. The Hall–Kier alpha value is -2.97. The van der Waals surface area contributed by atoms with E-state index >= 15 is 0 Å². The maximum atomic E-state index is 12.8. The van der Waals surface area contributed by atoms with Crippen molar-refractivity contribution in [3.63, 3.8) is 0 Å². The van der Waals surface area contributed by atoms with E-state index in [1.807, 2.05) is 25.1 Å². The number of nitrogens with zero attached hydrogens (tertiary/aromatic N) is 2. The summed E-state index contributed by atoms with van der Waals surface area (Å²) >= 11 is 6.14. The number of carbonyl (C=O) groups excluding carboxylic acids is 1. The minimum atomic E-state index is -0.487. The van der Waals surface area contributed by atoms with Crippen LogP contribution in [0.1, 0.15) is 49.8 Å². The molecule has 0 bridgehead atoms. The average Bonchev–Trinajstić information content (AvgIpc) is 2.72. The molecular formula is C25H28ClN3O2. The van der Waals surface area contributed by atoms with E-state index in [2.05, 4.69) is 38.0 Å². The number of nitrogens with one attached hydrogen (secondary N) is 1. The lowest BCUT2D eigenvalue weighted by atomic mass is 9.80. The van der Waals surface area contributed by atoms with Crippen LogP contribution in [-0.2, 0) is 4.79 Å². The van der Waals surface area contributed by atoms with E-state index < -0.39 is 5.91 Å². The largest absolute Gasteiger partial charge is 0.496 e. The lowest BCUT2D eigenvalue weighted by Crippen LogP contribution is -2.45. The summed E-state index contributed by atoms with van der Waals surface area (Å²) in [5.74, 6) is 0.474. The molecule has 1 N–H and O–H groups in total. The van der Waals surface area contributed by atoms with Crippen molar-refractivity contribution >= 4 is 35.0 Å². The highest BCUT2D eigenvalue weighted by Gasteiger charge is 2.34. The van der Waals surface area contributed by atoms with E-state index in [4.69, 9.17) is 16.3 Å². The Kier molecular flexibility index (Phi) is 6.33. The molecule has 0 spiro atoms. The Morgan fingerprint density at radius 1 is 1.39 bits per heavy atom. The number of fused-ring (bicyclic) bond motifs is 1. The lowest BCUT2D eigenvalue weighted by molar-refractivity contribution is -0.112. The molecule has 0 aromatic heterocycles. The normalized spacial score (nSPS) is 17.5. The van der Waals surface area contributed by atoms with Crippen molar-refractivity contribution in [1.29, 1.82) is 5.26 Å². The van der Waals surface area contributed by atoms with Gasteiger partial charge in [-0.25, -0.2) is 0 Å². The number of benzene rings is 2. The zero-order chi connectivity index (χ0) is 22.9. The summed E-state index contributed by atoms with van der Waals surface area (Å²) in [6.45, 7) is 8.47. The van der Waals surface area contributed by atoms with Gasteiger partial charge in [0, 0.05) is 40.6 Å². The van der Waals surface area contributed by atoms with Crippen molar-refractivity contribution in [3.8, 4) is 11.8 Å². The molecule has 0 fully saturated rings. The van der Waals surface area contributed by atoms with Gasteiger partial charge in [0.1, 0.15) is 17.4 Å². The standard InChI is InChI=1S/C25H28ClN3O2/c1-15-13-25(3,4)29(5)22-12-23(31-6)17(11-19(15)22)10-18(14-27)24(30)28-21-9-7-8-20(26)16(21)2/h7-12,15H,13H2,1-6H3,(H,28,30)/b18-10+. The molecule has 2 aromatic rings. The quantitative estimate of drug-likeness (QED) is 0.476. The Bertz CT molecular complexity index is 1100. The topological polar surface area (TPSA) is 65.4 Å². The molecule has 0 aliphatic carbocycles. The van der Waals surface area contributed by atoms with E-state index in [1.165, 1.54) is 5.56 Å². The van der Waals surface area contributed by atoms with Gasteiger partial charge in [-0.2, -0.15) is 5.26 Å². The number of nitriles is 1. The molecule has 1 unspecified atom stereocenters. The van der Waals surface area contributed by atoms with E-state index in [0.717, 1.165) is 17.7 Å². The Balaban J connectivity index is 2.01. The molecule has 0 radical (unpaired) electrons. The van der Waals surface area contributed by atoms with Gasteiger partial charge in [0.15, 0.2) is 0 Å². The first-order valence-corrected chi connectivity index (χ1v) is 10.6. The molecule has 6 heteroatoms. The van der Waals surface area contributed by atoms with Gasteiger partial charge >= 0.3 is 0 Å². The summed E-state index contributed by atoms with van der Waals surface area (Å²) in [4.78, 5) is 15.1. The number of carbonyl (C=O) groups is 1. The van der Waals surface area contributed by atoms with Gasteiger partial charge in [-0.05, 0) is 68.5 Å². The summed E-state index contributed by atoms with van der Waals surface area (Å²) < 4.78 is 5.61. The SMILES string of the molecule is COc1cc2c(cc1/C=C(\C#N)C(=O)Nc1cccc(Cl)c1C)C(C)CC(C)(C)N2C. The summed E-state index contributed by atoms with van der Waals surface area (Å²) in [5, 5.41) is 13.0. The molecule has 5 nitrogen and oxygen atoms in total. The molecule has 2 aromatic carbocycles. The minimum Gasteiger partial charge on any atom is -0.496 e. The Morgan fingerprint density at radius 3 is 2.74 bits per heavy atom. The highest BCUT2D eigenvalue weighted by Crippen LogP contribution is 2.45. The van der Waals surface area contributed by atoms with Gasteiger partial charge in [-0.3, -0.25) is 4.79 Å². The zero-order valence-electron chi connectivity index (χ0n) is 18.8.